The molecule has 1 aromatic rings. The van der Waals surface area contributed by atoms with Gasteiger partial charge in [0.25, 0.3) is 0 Å². The summed E-state index contributed by atoms with van der Waals surface area (Å²) in [7, 11) is 1.67. The molecule has 0 radical (unpaired) electrons. The maximum atomic E-state index is 5.66. The van der Waals surface area contributed by atoms with Crippen LogP contribution in [0.5, 0.6) is 5.75 Å². The van der Waals surface area contributed by atoms with E-state index >= 15 is 0 Å². The van der Waals surface area contributed by atoms with Gasteiger partial charge in [0.15, 0.2) is 0 Å². The van der Waals surface area contributed by atoms with E-state index in [0.29, 0.717) is 6.04 Å². The molecule has 15 heavy (non-hydrogen) atoms. The topological polar surface area (TPSA) is 30.5 Å². The van der Waals surface area contributed by atoms with Crippen molar-refractivity contribution in [3.63, 3.8) is 0 Å². The molecule has 1 heterocycles. The monoisotopic (exact) mass is 207 g/mol. The minimum atomic E-state index is 0.0425. The molecule has 82 valence electrons. The van der Waals surface area contributed by atoms with Gasteiger partial charge >= 0.3 is 0 Å². The SMILES string of the molecule is CC[C@H]1COC(c2ccc(OC)cc2)N1. The Morgan fingerprint density at radius 1 is 1.40 bits per heavy atom. The Hall–Kier alpha value is -1.06. The van der Waals surface area contributed by atoms with Gasteiger partial charge in [0.2, 0.25) is 0 Å². The lowest BCUT2D eigenvalue weighted by Gasteiger charge is -2.11. The second-order valence-corrected chi connectivity index (χ2v) is 3.76. The summed E-state index contributed by atoms with van der Waals surface area (Å²) in [4.78, 5) is 0. The molecule has 0 aliphatic carbocycles. The number of hydrogen-bond donors (Lipinski definition) is 1. The van der Waals surface area contributed by atoms with Gasteiger partial charge in [0, 0.05) is 6.04 Å². The number of methoxy groups -OCH3 is 1. The first-order valence-electron chi connectivity index (χ1n) is 5.35. The first-order valence-corrected chi connectivity index (χ1v) is 5.35. The van der Waals surface area contributed by atoms with Crippen LogP contribution in [-0.2, 0) is 4.74 Å². The summed E-state index contributed by atoms with van der Waals surface area (Å²) in [5.41, 5.74) is 1.16. The molecule has 3 nitrogen and oxygen atoms in total. The molecule has 1 aromatic carbocycles. The largest absolute Gasteiger partial charge is 0.497 e. The van der Waals surface area contributed by atoms with Crippen LogP contribution in [0.15, 0.2) is 24.3 Å². The van der Waals surface area contributed by atoms with E-state index in [1.165, 1.54) is 0 Å². The van der Waals surface area contributed by atoms with E-state index in [1.807, 2.05) is 24.3 Å². The molecule has 2 atom stereocenters. The summed E-state index contributed by atoms with van der Waals surface area (Å²) in [6, 6.07) is 8.47. The lowest BCUT2D eigenvalue weighted by Crippen LogP contribution is -2.24. The standard InChI is InChI=1S/C12H17NO2/c1-3-10-8-15-12(13-10)9-4-6-11(14-2)7-5-9/h4-7,10,12-13H,3,8H2,1-2H3/t10-,12?/m0/s1. The maximum absolute atomic E-state index is 5.66. The third-order valence-electron chi connectivity index (χ3n) is 2.76. The van der Waals surface area contributed by atoms with Gasteiger partial charge in [0.1, 0.15) is 12.0 Å². The molecule has 0 spiro atoms. The summed E-state index contributed by atoms with van der Waals surface area (Å²) < 4.78 is 10.8. The third-order valence-corrected chi connectivity index (χ3v) is 2.76. The van der Waals surface area contributed by atoms with E-state index in [0.717, 1.165) is 24.3 Å². The molecule has 1 fully saturated rings. The predicted molar refractivity (Wildman–Crippen MR) is 58.9 cm³/mol. The van der Waals surface area contributed by atoms with Gasteiger partial charge in [-0.2, -0.15) is 0 Å². The van der Waals surface area contributed by atoms with Crippen LogP contribution >= 0.6 is 0 Å². The number of rotatable bonds is 3. The van der Waals surface area contributed by atoms with Crippen molar-refractivity contribution in [3.05, 3.63) is 29.8 Å². The van der Waals surface area contributed by atoms with Crippen LogP contribution in [0.4, 0.5) is 0 Å². The molecule has 2 rings (SSSR count). The van der Waals surface area contributed by atoms with Crippen molar-refractivity contribution in [3.8, 4) is 5.75 Å². The normalized spacial score (nSPS) is 25.5. The van der Waals surface area contributed by atoms with Crippen LogP contribution in [0, 0.1) is 0 Å². The second kappa shape index (κ2) is 4.64. The number of hydrogen-bond acceptors (Lipinski definition) is 3. The molecule has 0 saturated carbocycles. The van der Waals surface area contributed by atoms with E-state index in [-0.39, 0.29) is 6.23 Å². The van der Waals surface area contributed by atoms with Gasteiger partial charge in [-0.3, -0.25) is 5.32 Å². The van der Waals surface area contributed by atoms with E-state index in [2.05, 4.69) is 12.2 Å². The first-order chi connectivity index (χ1) is 7.33. The molecule has 0 aromatic heterocycles. The Balaban J connectivity index is 2.04. The Kier molecular flexibility index (Phi) is 3.23. The zero-order valence-corrected chi connectivity index (χ0v) is 9.19. The fourth-order valence-electron chi connectivity index (χ4n) is 1.73. The van der Waals surface area contributed by atoms with Crippen molar-refractivity contribution >= 4 is 0 Å². The van der Waals surface area contributed by atoms with Crippen LogP contribution in [0.2, 0.25) is 0 Å². The molecule has 0 amide bonds. The molecular formula is C12H17NO2. The summed E-state index contributed by atoms with van der Waals surface area (Å²) in [6.45, 7) is 2.96. The van der Waals surface area contributed by atoms with E-state index in [9.17, 15) is 0 Å². The molecule has 1 aliphatic heterocycles. The van der Waals surface area contributed by atoms with Gasteiger partial charge in [-0.25, -0.2) is 0 Å². The second-order valence-electron chi connectivity index (χ2n) is 3.76. The lowest BCUT2D eigenvalue weighted by molar-refractivity contribution is 0.101. The summed E-state index contributed by atoms with van der Waals surface area (Å²) in [5.74, 6) is 0.879. The van der Waals surface area contributed by atoms with Crippen molar-refractivity contribution in [2.45, 2.75) is 25.6 Å². The lowest BCUT2D eigenvalue weighted by atomic mass is 10.2. The van der Waals surface area contributed by atoms with Crippen LogP contribution in [0.1, 0.15) is 25.1 Å². The Morgan fingerprint density at radius 2 is 2.13 bits per heavy atom. The molecule has 0 bridgehead atoms. The van der Waals surface area contributed by atoms with Crippen molar-refractivity contribution in [1.82, 2.24) is 5.32 Å². The number of ether oxygens (including phenoxy) is 2. The van der Waals surface area contributed by atoms with Gasteiger partial charge in [-0.05, 0) is 24.1 Å². The maximum Gasteiger partial charge on any atom is 0.134 e. The van der Waals surface area contributed by atoms with Gasteiger partial charge < -0.3 is 9.47 Å². The average Bonchev–Trinajstić information content (AvgIpc) is 2.78. The number of nitrogens with one attached hydrogen (secondary N) is 1. The van der Waals surface area contributed by atoms with E-state index < -0.39 is 0 Å². The smallest absolute Gasteiger partial charge is 0.134 e. The molecule has 1 aliphatic rings. The average molecular weight is 207 g/mol. The summed E-state index contributed by atoms with van der Waals surface area (Å²) in [6.07, 6.45) is 1.15. The summed E-state index contributed by atoms with van der Waals surface area (Å²) in [5, 5.41) is 3.43. The van der Waals surface area contributed by atoms with E-state index in [4.69, 9.17) is 9.47 Å². The zero-order chi connectivity index (χ0) is 10.7. The quantitative estimate of drug-likeness (QED) is 0.823. The van der Waals surface area contributed by atoms with Crippen molar-refractivity contribution in [2.75, 3.05) is 13.7 Å². The number of benzene rings is 1. The predicted octanol–water partition coefficient (Wildman–Crippen LogP) is 2.09. The fraction of sp³-hybridized carbons (Fsp3) is 0.500. The third kappa shape index (κ3) is 2.30. The van der Waals surface area contributed by atoms with Crippen LogP contribution in [0.25, 0.3) is 0 Å². The minimum absolute atomic E-state index is 0.0425. The molecule has 1 saturated heterocycles. The highest BCUT2D eigenvalue weighted by atomic mass is 16.5. The van der Waals surface area contributed by atoms with Crippen LogP contribution in [-0.4, -0.2) is 19.8 Å². The van der Waals surface area contributed by atoms with Crippen molar-refractivity contribution in [2.24, 2.45) is 0 Å². The van der Waals surface area contributed by atoms with Gasteiger partial charge in [-0.15, -0.1) is 0 Å². The zero-order valence-electron chi connectivity index (χ0n) is 9.19. The van der Waals surface area contributed by atoms with Crippen molar-refractivity contribution < 1.29 is 9.47 Å². The Bertz CT molecular complexity index is 310. The van der Waals surface area contributed by atoms with E-state index in [1.54, 1.807) is 7.11 Å². The highest BCUT2D eigenvalue weighted by molar-refractivity contribution is 5.28. The Labute approximate surface area is 90.4 Å². The molecular weight excluding hydrogens is 190 g/mol. The van der Waals surface area contributed by atoms with Crippen LogP contribution in [0.3, 0.4) is 0 Å². The molecule has 1 unspecified atom stereocenters. The Morgan fingerprint density at radius 3 is 2.67 bits per heavy atom. The molecule has 1 N–H and O–H groups in total. The van der Waals surface area contributed by atoms with Gasteiger partial charge in [-0.1, -0.05) is 19.1 Å². The van der Waals surface area contributed by atoms with Crippen LogP contribution < -0.4 is 10.1 Å². The molecule has 3 heteroatoms. The minimum Gasteiger partial charge on any atom is -0.497 e. The highest BCUT2D eigenvalue weighted by Gasteiger charge is 2.23. The first kappa shape index (κ1) is 10.5. The van der Waals surface area contributed by atoms with Gasteiger partial charge in [0.05, 0.1) is 13.7 Å². The fourth-order valence-corrected chi connectivity index (χ4v) is 1.73. The highest BCUT2D eigenvalue weighted by Crippen LogP contribution is 2.23. The summed E-state index contributed by atoms with van der Waals surface area (Å²) >= 11 is 0. The van der Waals surface area contributed by atoms with Crippen molar-refractivity contribution in [1.29, 1.82) is 0 Å².